The van der Waals surface area contributed by atoms with E-state index in [9.17, 15) is 22.8 Å². The van der Waals surface area contributed by atoms with Gasteiger partial charge in [-0.2, -0.15) is 13.2 Å². The summed E-state index contributed by atoms with van der Waals surface area (Å²) in [7, 11) is 0. The average molecular weight is 371 g/mol. The molecule has 0 aromatic heterocycles. The lowest BCUT2D eigenvalue weighted by Gasteiger charge is -2.12. The van der Waals surface area contributed by atoms with Gasteiger partial charge in [0.25, 0.3) is 5.91 Å². The highest BCUT2D eigenvalue weighted by molar-refractivity contribution is 6.34. The van der Waals surface area contributed by atoms with E-state index in [0.29, 0.717) is 5.69 Å². The Balaban J connectivity index is 2.23. The van der Waals surface area contributed by atoms with E-state index < -0.39 is 17.6 Å². The molecule has 0 atom stereocenters. The van der Waals surface area contributed by atoms with Crippen molar-refractivity contribution in [1.29, 1.82) is 0 Å². The summed E-state index contributed by atoms with van der Waals surface area (Å²) in [5.41, 5.74) is -0.488. The predicted octanol–water partition coefficient (Wildman–Crippen LogP) is 4.96. The second-order valence-electron chi connectivity index (χ2n) is 5.13. The minimum Gasteiger partial charge on any atom is -0.326 e. The number of anilines is 2. The van der Waals surface area contributed by atoms with E-state index in [1.165, 1.54) is 18.2 Å². The minimum atomic E-state index is -4.54. The van der Waals surface area contributed by atoms with Crippen LogP contribution < -0.4 is 10.6 Å². The van der Waals surface area contributed by atoms with Gasteiger partial charge in [0.15, 0.2) is 0 Å². The van der Waals surface area contributed by atoms with Crippen LogP contribution in [0.15, 0.2) is 42.5 Å². The molecule has 2 aromatic rings. The molecule has 0 saturated carbocycles. The molecule has 2 amide bonds. The lowest BCUT2D eigenvalue weighted by molar-refractivity contribution is -0.137. The number of carbonyl (C=O) groups excluding carboxylic acids is 2. The molecule has 4 nitrogen and oxygen atoms in total. The molecule has 0 aliphatic carbocycles. The second kappa shape index (κ2) is 7.57. The van der Waals surface area contributed by atoms with Crippen molar-refractivity contribution in [2.45, 2.75) is 19.5 Å². The SMILES string of the molecule is CCC(=O)Nc1ccc(Cl)c(NC(=O)c2cccc(C(F)(F)F)c2)c1. The van der Waals surface area contributed by atoms with Crippen LogP contribution in [0.1, 0.15) is 29.3 Å². The summed E-state index contributed by atoms with van der Waals surface area (Å²) in [5, 5.41) is 5.24. The molecular weight excluding hydrogens is 357 g/mol. The van der Waals surface area contributed by atoms with Gasteiger partial charge < -0.3 is 10.6 Å². The Morgan fingerprint density at radius 3 is 2.44 bits per heavy atom. The van der Waals surface area contributed by atoms with E-state index in [1.54, 1.807) is 13.0 Å². The number of hydrogen-bond acceptors (Lipinski definition) is 2. The Labute approximate surface area is 147 Å². The standard InChI is InChI=1S/C17H14ClF3N2O2/c1-2-15(24)22-12-6-7-13(18)14(9-12)23-16(25)10-4-3-5-11(8-10)17(19,20)21/h3-9H,2H2,1H3,(H,22,24)(H,23,25). The lowest BCUT2D eigenvalue weighted by Crippen LogP contribution is -2.15. The molecule has 2 aromatic carbocycles. The minimum absolute atomic E-state index is 0.158. The Morgan fingerprint density at radius 1 is 1.08 bits per heavy atom. The molecule has 0 bridgehead atoms. The summed E-state index contributed by atoms with van der Waals surface area (Å²) in [6.45, 7) is 1.68. The third-order valence-electron chi connectivity index (χ3n) is 3.27. The van der Waals surface area contributed by atoms with Gasteiger partial charge in [-0.3, -0.25) is 9.59 Å². The molecule has 132 valence electrons. The average Bonchev–Trinajstić information content (AvgIpc) is 2.57. The second-order valence-corrected chi connectivity index (χ2v) is 5.54. The van der Waals surface area contributed by atoms with Crippen LogP contribution in [-0.4, -0.2) is 11.8 Å². The van der Waals surface area contributed by atoms with Gasteiger partial charge in [0.05, 0.1) is 16.3 Å². The molecule has 2 N–H and O–H groups in total. The summed E-state index contributed by atoms with van der Waals surface area (Å²) < 4.78 is 38.2. The lowest BCUT2D eigenvalue weighted by atomic mass is 10.1. The fourth-order valence-corrected chi connectivity index (χ4v) is 2.14. The first-order valence-corrected chi connectivity index (χ1v) is 7.66. The first kappa shape index (κ1) is 18.8. The topological polar surface area (TPSA) is 58.2 Å². The van der Waals surface area contributed by atoms with Gasteiger partial charge in [-0.05, 0) is 36.4 Å². The molecule has 0 heterocycles. The highest BCUT2D eigenvalue weighted by Crippen LogP contribution is 2.30. The van der Waals surface area contributed by atoms with Gasteiger partial charge in [-0.25, -0.2) is 0 Å². The van der Waals surface area contributed by atoms with Crippen molar-refractivity contribution in [3.63, 3.8) is 0 Å². The zero-order valence-electron chi connectivity index (χ0n) is 13.1. The van der Waals surface area contributed by atoms with Crippen molar-refractivity contribution in [1.82, 2.24) is 0 Å². The van der Waals surface area contributed by atoms with E-state index in [1.807, 2.05) is 0 Å². The number of alkyl halides is 3. The smallest absolute Gasteiger partial charge is 0.326 e. The molecule has 0 spiro atoms. The van der Waals surface area contributed by atoms with Crippen LogP contribution in [0.5, 0.6) is 0 Å². The van der Waals surface area contributed by atoms with Crippen molar-refractivity contribution in [2.24, 2.45) is 0 Å². The maximum absolute atomic E-state index is 12.7. The van der Waals surface area contributed by atoms with E-state index in [0.717, 1.165) is 18.2 Å². The van der Waals surface area contributed by atoms with Crippen molar-refractivity contribution in [2.75, 3.05) is 10.6 Å². The van der Waals surface area contributed by atoms with E-state index in [4.69, 9.17) is 11.6 Å². The number of halogens is 4. The van der Waals surface area contributed by atoms with E-state index in [2.05, 4.69) is 10.6 Å². The van der Waals surface area contributed by atoms with Crippen LogP contribution in [-0.2, 0) is 11.0 Å². The largest absolute Gasteiger partial charge is 0.416 e. The normalized spacial score (nSPS) is 11.1. The van der Waals surface area contributed by atoms with Gasteiger partial charge >= 0.3 is 6.18 Å². The highest BCUT2D eigenvalue weighted by Gasteiger charge is 2.30. The molecule has 0 radical (unpaired) electrons. The van der Waals surface area contributed by atoms with E-state index >= 15 is 0 Å². The van der Waals surface area contributed by atoms with Crippen LogP contribution in [0, 0.1) is 0 Å². The molecule has 0 saturated heterocycles. The van der Waals surface area contributed by atoms with Crippen LogP contribution >= 0.6 is 11.6 Å². The first-order chi connectivity index (χ1) is 11.7. The molecule has 0 aliphatic rings. The fraction of sp³-hybridized carbons (Fsp3) is 0.176. The van der Waals surface area contributed by atoms with Crippen LogP contribution in [0.25, 0.3) is 0 Å². The van der Waals surface area contributed by atoms with Gasteiger partial charge in [-0.15, -0.1) is 0 Å². The number of benzene rings is 2. The molecular formula is C17H14ClF3N2O2. The summed E-state index contributed by atoms with van der Waals surface area (Å²) in [6.07, 6.45) is -4.27. The van der Waals surface area contributed by atoms with Crippen molar-refractivity contribution in [3.8, 4) is 0 Å². The van der Waals surface area contributed by atoms with Gasteiger partial charge in [0.1, 0.15) is 0 Å². The molecule has 0 aliphatic heterocycles. The summed E-state index contributed by atoms with van der Waals surface area (Å²) in [4.78, 5) is 23.6. The Bertz CT molecular complexity index is 807. The maximum atomic E-state index is 12.7. The third kappa shape index (κ3) is 4.96. The van der Waals surface area contributed by atoms with Crippen molar-refractivity contribution >= 4 is 34.8 Å². The fourth-order valence-electron chi connectivity index (χ4n) is 1.98. The summed E-state index contributed by atoms with van der Waals surface area (Å²) >= 11 is 5.99. The van der Waals surface area contributed by atoms with Crippen molar-refractivity contribution < 1.29 is 22.8 Å². The van der Waals surface area contributed by atoms with Crippen LogP contribution in [0.4, 0.5) is 24.5 Å². The number of nitrogens with one attached hydrogen (secondary N) is 2. The zero-order chi connectivity index (χ0) is 18.6. The third-order valence-corrected chi connectivity index (χ3v) is 3.60. The molecule has 2 rings (SSSR count). The predicted molar refractivity (Wildman–Crippen MR) is 89.8 cm³/mol. The molecule has 25 heavy (non-hydrogen) atoms. The highest BCUT2D eigenvalue weighted by atomic mass is 35.5. The number of amides is 2. The Morgan fingerprint density at radius 2 is 1.80 bits per heavy atom. The number of carbonyl (C=O) groups is 2. The molecule has 0 unspecified atom stereocenters. The van der Waals surface area contributed by atoms with Gasteiger partial charge in [0.2, 0.25) is 5.91 Å². The maximum Gasteiger partial charge on any atom is 0.416 e. The Hall–Kier alpha value is -2.54. The molecule has 0 fully saturated rings. The van der Waals surface area contributed by atoms with Crippen molar-refractivity contribution in [3.05, 3.63) is 58.6 Å². The van der Waals surface area contributed by atoms with Gasteiger partial charge in [-0.1, -0.05) is 24.6 Å². The summed E-state index contributed by atoms with van der Waals surface area (Å²) in [5.74, 6) is -0.968. The Kier molecular flexibility index (Phi) is 5.69. The molecule has 8 heteroatoms. The van der Waals surface area contributed by atoms with Gasteiger partial charge in [0, 0.05) is 17.7 Å². The quantitative estimate of drug-likeness (QED) is 0.799. The van der Waals surface area contributed by atoms with Crippen LogP contribution in [0.2, 0.25) is 5.02 Å². The summed E-state index contributed by atoms with van der Waals surface area (Å²) in [6, 6.07) is 8.50. The zero-order valence-corrected chi connectivity index (χ0v) is 13.8. The van der Waals surface area contributed by atoms with Crippen LogP contribution in [0.3, 0.4) is 0 Å². The number of hydrogen-bond donors (Lipinski definition) is 2. The first-order valence-electron chi connectivity index (χ1n) is 7.28. The van der Waals surface area contributed by atoms with E-state index in [-0.39, 0.29) is 28.6 Å². The number of rotatable bonds is 4. The monoisotopic (exact) mass is 370 g/mol.